The molecule has 0 atom stereocenters. The Labute approximate surface area is 81.0 Å². The number of hydrogen-bond donors (Lipinski definition) is 1. The van der Waals surface area contributed by atoms with Gasteiger partial charge in [-0.2, -0.15) is 0 Å². The fourth-order valence-electron chi connectivity index (χ4n) is 0.354. The number of unbranched alkanes of at least 4 members (excludes halogenated alkanes) is 2. The van der Waals surface area contributed by atoms with Gasteiger partial charge in [-0.25, -0.2) is 0 Å². The number of nitrogens with one attached hydrogen (secondary N) is 1. The summed E-state index contributed by atoms with van der Waals surface area (Å²) in [5.41, 5.74) is 0. The van der Waals surface area contributed by atoms with Crippen LogP contribution < -0.4 is 5.32 Å². The maximum atomic E-state index is 2.75. The van der Waals surface area contributed by atoms with Crippen LogP contribution in [0.5, 0.6) is 0 Å². The van der Waals surface area contributed by atoms with Gasteiger partial charge in [-0.15, -0.1) is 0 Å². The molecule has 0 bridgehead atoms. The normalized spacial score (nSPS) is 6.00. The lowest BCUT2D eigenvalue weighted by atomic mass is 10.3. The third kappa shape index (κ3) is 208. The molecule has 1 N–H and O–H groups in total. The van der Waals surface area contributed by atoms with E-state index in [0.29, 0.717) is 0 Å². The predicted molar refractivity (Wildman–Crippen MR) is 62.9 cm³/mol. The zero-order valence-electron chi connectivity index (χ0n) is 10.6. The first-order chi connectivity index (χ1) is 5.83. The second kappa shape index (κ2) is 69.3. The zero-order valence-corrected chi connectivity index (χ0v) is 10.6. The van der Waals surface area contributed by atoms with Crippen molar-refractivity contribution in [1.29, 1.82) is 0 Å². The van der Waals surface area contributed by atoms with Gasteiger partial charge in [0.15, 0.2) is 0 Å². The molecule has 0 aromatic carbocycles. The van der Waals surface area contributed by atoms with Gasteiger partial charge in [-0.1, -0.05) is 60.8 Å². The summed E-state index contributed by atoms with van der Waals surface area (Å²) in [6.07, 6.45) is 4.08. The Kier molecular flexibility index (Phi) is 131. The van der Waals surface area contributed by atoms with Gasteiger partial charge in [0, 0.05) is 0 Å². The van der Waals surface area contributed by atoms with Crippen molar-refractivity contribution in [2.24, 2.45) is 0 Å². The highest BCUT2D eigenvalue weighted by Gasteiger charge is 1.68. The van der Waals surface area contributed by atoms with Crippen LogP contribution in [-0.4, -0.2) is 14.1 Å². The minimum atomic E-state index is 1.34. The van der Waals surface area contributed by atoms with Crippen molar-refractivity contribution in [2.75, 3.05) is 14.1 Å². The maximum absolute atomic E-state index is 2.75. The van der Waals surface area contributed by atoms with Gasteiger partial charge in [0.1, 0.15) is 0 Å². The zero-order chi connectivity index (χ0) is 10.8. The van der Waals surface area contributed by atoms with E-state index in [0.717, 1.165) is 0 Å². The lowest BCUT2D eigenvalue weighted by Crippen LogP contribution is -1.89. The topological polar surface area (TPSA) is 12.0 Å². The largest absolute Gasteiger partial charge is 0.323 e. The van der Waals surface area contributed by atoms with Crippen molar-refractivity contribution < 1.29 is 0 Å². The summed E-state index contributed by atoms with van der Waals surface area (Å²) < 4.78 is 0. The fourth-order valence-corrected chi connectivity index (χ4v) is 0.354. The molecule has 0 rings (SSSR count). The van der Waals surface area contributed by atoms with Crippen LogP contribution >= 0.6 is 0 Å². The standard InChI is InChI=1S/C5H12.C2H7N.2C2H6/c1-3-5-4-2;1-3-2;2*1-2/h3-5H2,1-2H3;3H,1-2H3;2*1-2H3. The van der Waals surface area contributed by atoms with Crippen LogP contribution in [0, 0.1) is 0 Å². The van der Waals surface area contributed by atoms with E-state index >= 15 is 0 Å². The van der Waals surface area contributed by atoms with Crippen LogP contribution in [0.15, 0.2) is 0 Å². The van der Waals surface area contributed by atoms with Crippen molar-refractivity contribution in [3.05, 3.63) is 0 Å². The van der Waals surface area contributed by atoms with Crippen LogP contribution in [0.2, 0.25) is 0 Å². The molecule has 0 aliphatic rings. The van der Waals surface area contributed by atoms with Crippen LogP contribution in [0.4, 0.5) is 0 Å². The highest BCUT2D eigenvalue weighted by molar-refractivity contribution is 4.24. The fraction of sp³-hybridized carbons (Fsp3) is 1.00. The Hall–Kier alpha value is -0.0400. The molecule has 0 unspecified atom stereocenters. The second-order valence-corrected chi connectivity index (χ2v) is 1.85. The molecule has 12 heavy (non-hydrogen) atoms. The molecule has 0 aliphatic carbocycles. The van der Waals surface area contributed by atoms with Gasteiger partial charge in [0.05, 0.1) is 0 Å². The van der Waals surface area contributed by atoms with E-state index in [1.807, 2.05) is 41.8 Å². The van der Waals surface area contributed by atoms with Crippen molar-refractivity contribution in [3.8, 4) is 0 Å². The Morgan fingerprint density at radius 2 is 0.917 bits per heavy atom. The van der Waals surface area contributed by atoms with E-state index in [1.54, 1.807) is 0 Å². The van der Waals surface area contributed by atoms with E-state index in [1.165, 1.54) is 19.3 Å². The van der Waals surface area contributed by atoms with Crippen LogP contribution in [0.1, 0.15) is 60.8 Å². The molecule has 0 heterocycles. The molecule has 0 aliphatic heterocycles. The summed E-state index contributed by atoms with van der Waals surface area (Å²) in [4.78, 5) is 0. The molecule has 0 saturated heterocycles. The summed E-state index contributed by atoms with van der Waals surface area (Å²) in [5, 5.41) is 2.75. The molecule has 1 heteroatoms. The smallest absolute Gasteiger partial charge is 0.0167 e. The second-order valence-electron chi connectivity index (χ2n) is 1.85. The Morgan fingerprint density at radius 3 is 0.917 bits per heavy atom. The average Bonchev–Trinajstić information content (AvgIpc) is 2.14. The van der Waals surface area contributed by atoms with Crippen LogP contribution in [0.25, 0.3) is 0 Å². The SMILES string of the molecule is CC.CC.CCCCC.CNC. The van der Waals surface area contributed by atoms with Crippen LogP contribution in [0.3, 0.4) is 0 Å². The first kappa shape index (κ1) is 22.7. The van der Waals surface area contributed by atoms with E-state index in [4.69, 9.17) is 0 Å². The van der Waals surface area contributed by atoms with Crippen molar-refractivity contribution in [1.82, 2.24) is 5.32 Å². The Morgan fingerprint density at radius 1 is 0.750 bits per heavy atom. The highest BCUT2D eigenvalue weighted by atomic mass is 14.7. The minimum absolute atomic E-state index is 1.34. The van der Waals surface area contributed by atoms with Crippen molar-refractivity contribution >= 4 is 0 Å². The first-order valence-corrected chi connectivity index (χ1v) is 5.41. The van der Waals surface area contributed by atoms with Gasteiger partial charge in [0.25, 0.3) is 0 Å². The third-order valence-corrected chi connectivity index (χ3v) is 0.707. The quantitative estimate of drug-likeness (QED) is 0.670. The minimum Gasteiger partial charge on any atom is -0.323 e. The number of rotatable bonds is 2. The average molecular weight is 177 g/mol. The lowest BCUT2D eigenvalue weighted by Gasteiger charge is -1.79. The Balaban J connectivity index is -0.0000000397. The van der Waals surface area contributed by atoms with E-state index < -0.39 is 0 Å². The predicted octanol–water partition coefficient (Wildman–Crippen LogP) is 4.08. The maximum Gasteiger partial charge on any atom is -0.0167 e. The monoisotopic (exact) mass is 177 g/mol. The van der Waals surface area contributed by atoms with Gasteiger partial charge in [-0.05, 0) is 14.1 Å². The summed E-state index contributed by atoms with van der Waals surface area (Å²) in [6.45, 7) is 12.4. The number of hydrogen-bond acceptors (Lipinski definition) is 1. The van der Waals surface area contributed by atoms with Gasteiger partial charge in [0.2, 0.25) is 0 Å². The van der Waals surface area contributed by atoms with Gasteiger partial charge in [-0.3, -0.25) is 0 Å². The van der Waals surface area contributed by atoms with Gasteiger partial charge >= 0.3 is 0 Å². The molecular weight excluding hydrogens is 146 g/mol. The first-order valence-electron chi connectivity index (χ1n) is 5.41. The molecule has 80 valence electrons. The van der Waals surface area contributed by atoms with Crippen LogP contribution in [-0.2, 0) is 0 Å². The molecule has 1 nitrogen and oxygen atoms in total. The van der Waals surface area contributed by atoms with Crippen molar-refractivity contribution in [3.63, 3.8) is 0 Å². The third-order valence-electron chi connectivity index (χ3n) is 0.707. The molecule has 0 aromatic rings. The molecule has 0 aromatic heterocycles. The van der Waals surface area contributed by atoms with E-state index in [-0.39, 0.29) is 0 Å². The summed E-state index contributed by atoms with van der Waals surface area (Å²) in [7, 11) is 3.75. The highest BCUT2D eigenvalue weighted by Crippen LogP contribution is 1.88. The van der Waals surface area contributed by atoms with Gasteiger partial charge < -0.3 is 5.32 Å². The molecule has 0 fully saturated rings. The summed E-state index contributed by atoms with van der Waals surface area (Å²) in [5.74, 6) is 0. The molecule has 0 amide bonds. The molecule has 0 spiro atoms. The van der Waals surface area contributed by atoms with E-state index in [9.17, 15) is 0 Å². The summed E-state index contributed by atoms with van der Waals surface area (Å²) in [6, 6.07) is 0. The molecule has 0 saturated carbocycles. The molecule has 0 radical (unpaired) electrons. The molecular formula is C11H31N. The Bertz CT molecular complexity index is 19.0. The lowest BCUT2D eigenvalue weighted by molar-refractivity contribution is 0.772. The van der Waals surface area contributed by atoms with E-state index in [2.05, 4.69) is 19.2 Å². The van der Waals surface area contributed by atoms with Crippen molar-refractivity contribution in [2.45, 2.75) is 60.8 Å². The summed E-state index contributed by atoms with van der Waals surface area (Å²) >= 11 is 0.